The summed E-state index contributed by atoms with van der Waals surface area (Å²) < 4.78 is 22.6. The molecule has 0 saturated heterocycles. The lowest BCUT2D eigenvalue weighted by atomic mass is 10.2. The lowest BCUT2D eigenvalue weighted by molar-refractivity contribution is -0.146. The van der Waals surface area contributed by atoms with Gasteiger partial charge >= 0.3 is 14.8 Å². The molecule has 0 rings (SSSR count). The summed E-state index contributed by atoms with van der Waals surface area (Å²) in [5.74, 6) is -0.366. The minimum absolute atomic E-state index is 0.366. The third kappa shape index (κ3) is 10.3. The van der Waals surface area contributed by atoms with Crippen LogP contribution >= 0.6 is 11.6 Å². The highest BCUT2D eigenvalue weighted by Gasteiger charge is 2.39. The fourth-order valence-corrected chi connectivity index (χ4v) is 4.87. The molecule has 0 aliphatic heterocycles. The fraction of sp³-hybridized carbons (Fsp3) is 0.938. The van der Waals surface area contributed by atoms with Crippen molar-refractivity contribution in [3.8, 4) is 0 Å². The van der Waals surface area contributed by atoms with E-state index in [0.717, 1.165) is 31.7 Å². The second-order valence-corrected chi connectivity index (χ2v) is 9.43. The maximum absolute atomic E-state index is 11.5. The summed E-state index contributed by atoms with van der Waals surface area (Å²) in [7, 11) is -2.51. The van der Waals surface area contributed by atoms with Crippen LogP contribution in [0.1, 0.15) is 60.3 Å². The van der Waals surface area contributed by atoms with Crippen LogP contribution in [0.3, 0.4) is 0 Å². The van der Waals surface area contributed by atoms with Gasteiger partial charge < -0.3 is 18.0 Å². The number of carbonyl (C=O) groups excluding carboxylic acids is 1. The smallest absolute Gasteiger partial charge is 0.464 e. The second-order valence-electron chi connectivity index (χ2n) is 5.75. The monoisotopic (exact) mass is 368 g/mol. The average molecular weight is 369 g/mol. The van der Waals surface area contributed by atoms with Gasteiger partial charge in [-0.3, -0.25) is 4.79 Å². The molecule has 0 saturated carbocycles. The zero-order chi connectivity index (χ0) is 17.8. The van der Waals surface area contributed by atoms with Crippen LogP contribution in [0.5, 0.6) is 0 Å². The quantitative estimate of drug-likeness (QED) is 0.199. The van der Waals surface area contributed by atoms with Crippen LogP contribution in [0.2, 0.25) is 6.04 Å². The number of ether oxygens (including phenoxy) is 1. The number of carbonyl (C=O) groups is 1. The van der Waals surface area contributed by atoms with Gasteiger partial charge in [-0.1, -0.05) is 12.8 Å². The molecule has 0 heterocycles. The number of unbranched alkanes of at least 4 members (excludes halogenated alkanes) is 3. The molecule has 0 aromatic heterocycles. The van der Waals surface area contributed by atoms with Crippen molar-refractivity contribution in [1.29, 1.82) is 0 Å². The van der Waals surface area contributed by atoms with Crippen LogP contribution < -0.4 is 0 Å². The van der Waals surface area contributed by atoms with Crippen LogP contribution in [-0.4, -0.2) is 46.1 Å². The van der Waals surface area contributed by atoms with Crippen LogP contribution in [0.25, 0.3) is 0 Å². The molecular weight excluding hydrogens is 336 g/mol. The van der Waals surface area contributed by atoms with Crippen LogP contribution in [0.15, 0.2) is 0 Å². The van der Waals surface area contributed by atoms with E-state index in [9.17, 15) is 4.79 Å². The largest absolute Gasteiger partial charge is 0.500 e. The molecule has 0 aliphatic carbocycles. The third-order valence-corrected chi connectivity index (χ3v) is 6.49. The van der Waals surface area contributed by atoms with E-state index in [1.165, 1.54) is 0 Å². The van der Waals surface area contributed by atoms with Crippen molar-refractivity contribution in [3.63, 3.8) is 0 Å². The van der Waals surface area contributed by atoms with Crippen molar-refractivity contribution in [2.45, 2.75) is 71.2 Å². The first-order valence-electron chi connectivity index (χ1n) is 8.59. The van der Waals surface area contributed by atoms with E-state index in [1.807, 2.05) is 20.8 Å². The summed E-state index contributed by atoms with van der Waals surface area (Å²) in [6, 6.07) is 0.830. The zero-order valence-electron chi connectivity index (χ0n) is 15.3. The van der Waals surface area contributed by atoms with E-state index in [4.69, 9.17) is 29.6 Å². The van der Waals surface area contributed by atoms with E-state index < -0.39 is 13.7 Å². The summed E-state index contributed by atoms with van der Waals surface area (Å²) in [5.41, 5.74) is 0. The molecule has 0 spiro atoms. The van der Waals surface area contributed by atoms with E-state index >= 15 is 0 Å². The van der Waals surface area contributed by atoms with E-state index in [2.05, 4.69) is 0 Å². The Balaban J connectivity index is 3.96. The van der Waals surface area contributed by atoms with Gasteiger partial charge in [0, 0.05) is 25.9 Å². The summed E-state index contributed by atoms with van der Waals surface area (Å²) in [5, 5.41) is 0. The standard InChI is InChI=1S/C16H33ClO5Si/c1-6-20-23(21-7-2,22-8-3)14-12-10-9-11-13-19-15(18)16(4,5)17/h6-14H2,1-5H3. The zero-order valence-corrected chi connectivity index (χ0v) is 17.0. The highest BCUT2D eigenvalue weighted by atomic mass is 35.5. The molecule has 0 unspecified atom stereocenters. The molecular formula is C16H33ClO5Si. The van der Waals surface area contributed by atoms with Crippen LogP contribution in [0, 0.1) is 0 Å². The molecule has 0 fully saturated rings. The van der Waals surface area contributed by atoms with Gasteiger partial charge in [-0.2, -0.15) is 0 Å². The molecule has 5 nitrogen and oxygen atoms in total. The van der Waals surface area contributed by atoms with Gasteiger partial charge in [0.25, 0.3) is 0 Å². The van der Waals surface area contributed by atoms with Crippen molar-refractivity contribution in [1.82, 2.24) is 0 Å². The molecule has 0 aromatic rings. The molecule has 0 N–H and O–H groups in total. The Bertz CT molecular complexity index is 303. The Morgan fingerprint density at radius 3 is 1.83 bits per heavy atom. The number of esters is 1. The van der Waals surface area contributed by atoms with Crippen molar-refractivity contribution in [2.24, 2.45) is 0 Å². The predicted molar refractivity (Wildman–Crippen MR) is 94.8 cm³/mol. The van der Waals surface area contributed by atoms with Gasteiger partial charge in [0.15, 0.2) is 0 Å². The molecule has 0 bridgehead atoms. The lowest BCUT2D eigenvalue weighted by Gasteiger charge is -2.28. The Kier molecular flexibility index (Phi) is 12.2. The number of alkyl halides is 1. The minimum Gasteiger partial charge on any atom is -0.464 e. The van der Waals surface area contributed by atoms with Crippen molar-refractivity contribution < 1.29 is 22.8 Å². The highest BCUT2D eigenvalue weighted by Crippen LogP contribution is 2.20. The minimum atomic E-state index is -2.51. The topological polar surface area (TPSA) is 54.0 Å². The molecule has 0 aliphatic rings. The Hall–Kier alpha value is -0.143. The molecule has 23 heavy (non-hydrogen) atoms. The molecule has 0 atom stereocenters. The molecule has 138 valence electrons. The summed E-state index contributed by atoms with van der Waals surface area (Å²) in [4.78, 5) is 10.6. The van der Waals surface area contributed by atoms with Gasteiger partial charge in [-0.15, -0.1) is 11.6 Å². The van der Waals surface area contributed by atoms with E-state index in [1.54, 1.807) is 13.8 Å². The first-order chi connectivity index (χ1) is 10.8. The maximum Gasteiger partial charge on any atom is 0.500 e. The van der Waals surface area contributed by atoms with Gasteiger partial charge in [-0.25, -0.2) is 0 Å². The molecule has 0 radical (unpaired) electrons. The molecule has 0 aromatic carbocycles. The molecule has 7 heteroatoms. The van der Waals surface area contributed by atoms with Gasteiger partial charge in [0.1, 0.15) is 4.87 Å². The Morgan fingerprint density at radius 2 is 1.39 bits per heavy atom. The van der Waals surface area contributed by atoms with Crippen molar-refractivity contribution >= 4 is 26.4 Å². The lowest BCUT2D eigenvalue weighted by Crippen LogP contribution is -2.45. The van der Waals surface area contributed by atoms with Gasteiger partial charge in [0.2, 0.25) is 0 Å². The predicted octanol–water partition coefficient (Wildman–Crippen LogP) is 4.16. The first kappa shape index (κ1) is 22.9. The van der Waals surface area contributed by atoms with Gasteiger partial charge in [-0.05, 0) is 47.5 Å². The van der Waals surface area contributed by atoms with Crippen LogP contribution in [-0.2, 0) is 22.8 Å². The van der Waals surface area contributed by atoms with Gasteiger partial charge in [0.05, 0.1) is 6.61 Å². The third-order valence-electron chi connectivity index (χ3n) is 3.19. The summed E-state index contributed by atoms with van der Waals surface area (Å²) >= 11 is 5.87. The fourth-order valence-electron chi connectivity index (χ4n) is 2.13. The van der Waals surface area contributed by atoms with E-state index in [0.29, 0.717) is 26.4 Å². The SMILES string of the molecule is CCO[Si](CCCCCCOC(=O)C(C)(C)Cl)(OCC)OCC. The van der Waals surface area contributed by atoms with Crippen molar-refractivity contribution in [3.05, 3.63) is 0 Å². The van der Waals surface area contributed by atoms with Crippen molar-refractivity contribution in [2.75, 3.05) is 26.4 Å². The normalized spacial score (nSPS) is 12.4. The number of hydrogen-bond donors (Lipinski definition) is 0. The van der Waals surface area contributed by atoms with Crippen LogP contribution in [0.4, 0.5) is 0 Å². The number of halogens is 1. The molecule has 0 amide bonds. The summed E-state index contributed by atoms with van der Waals surface area (Å²) in [6.07, 6.45) is 3.85. The highest BCUT2D eigenvalue weighted by molar-refractivity contribution is 6.60. The van der Waals surface area contributed by atoms with E-state index in [-0.39, 0.29) is 5.97 Å². The average Bonchev–Trinajstić information content (AvgIpc) is 2.46. The number of hydrogen-bond acceptors (Lipinski definition) is 5. The first-order valence-corrected chi connectivity index (χ1v) is 10.9. The summed E-state index contributed by atoms with van der Waals surface area (Å²) in [6.45, 7) is 11.4. The second kappa shape index (κ2) is 12.3. The Labute approximate surface area is 147 Å². The Morgan fingerprint density at radius 1 is 0.913 bits per heavy atom. The maximum atomic E-state index is 11.5. The number of rotatable bonds is 14.